The van der Waals surface area contributed by atoms with E-state index in [1.54, 1.807) is 10.9 Å². The molecule has 0 aromatic carbocycles. The summed E-state index contributed by atoms with van der Waals surface area (Å²) in [6.07, 6.45) is 4.81. The second-order valence-corrected chi connectivity index (χ2v) is 8.15. The van der Waals surface area contributed by atoms with Crippen LogP contribution in [0.4, 0.5) is 0 Å². The van der Waals surface area contributed by atoms with Gasteiger partial charge in [-0.25, -0.2) is 4.98 Å². The number of fused-ring (bicyclic) bond motifs is 1. The Morgan fingerprint density at radius 2 is 2.00 bits per heavy atom. The SMILES string of the molecule is CCCCCn1cnc2sc(C(=O)N3CC(C)OC(C)C3)c(C)c2c1=O. The zero-order valence-electron chi connectivity index (χ0n) is 15.9. The predicted octanol–water partition coefficient (Wildman–Crippen LogP) is 3.21. The maximum Gasteiger partial charge on any atom is 0.264 e. The minimum absolute atomic E-state index is 0.0197. The molecule has 142 valence electrons. The Hall–Kier alpha value is -1.73. The smallest absolute Gasteiger partial charge is 0.264 e. The van der Waals surface area contributed by atoms with Gasteiger partial charge >= 0.3 is 0 Å². The van der Waals surface area contributed by atoms with E-state index in [1.807, 2.05) is 25.7 Å². The van der Waals surface area contributed by atoms with Crippen molar-refractivity contribution in [3.05, 3.63) is 27.1 Å². The van der Waals surface area contributed by atoms with Gasteiger partial charge in [0, 0.05) is 19.6 Å². The van der Waals surface area contributed by atoms with E-state index in [9.17, 15) is 9.59 Å². The summed E-state index contributed by atoms with van der Waals surface area (Å²) in [6, 6.07) is 0. The normalized spacial score (nSPS) is 20.7. The lowest BCUT2D eigenvalue weighted by molar-refractivity contribution is -0.0585. The van der Waals surface area contributed by atoms with E-state index in [4.69, 9.17) is 4.74 Å². The Morgan fingerprint density at radius 3 is 2.65 bits per heavy atom. The number of hydrogen-bond acceptors (Lipinski definition) is 5. The van der Waals surface area contributed by atoms with Gasteiger partial charge in [0.25, 0.3) is 11.5 Å². The standard InChI is InChI=1S/C19H27N3O3S/c1-5-6-7-8-21-11-20-17-15(18(21)23)14(4)16(26-17)19(24)22-9-12(2)25-13(3)10-22/h11-13H,5-10H2,1-4H3. The van der Waals surface area contributed by atoms with Crippen molar-refractivity contribution in [2.75, 3.05) is 13.1 Å². The number of hydrogen-bond donors (Lipinski definition) is 0. The number of morpholine rings is 1. The van der Waals surface area contributed by atoms with E-state index in [0.717, 1.165) is 24.8 Å². The van der Waals surface area contributed by atoms with Gasteiger partial charge in [-0.05, 0) is 32.8 Å². The molecule has 26 heavy (non-hydrogen) atoms. The van der Waals surface area contributed by atoms with Crippen molar-refractivity contribution >= 4 is 27.5 Å². The number of nitrogens with zero attached hydrogens (tertiary/aromatic N) is 3. The van der Waals surface area contributed by atoms with Crippen molar-refractivity contribution in [2.24, 2.45) is 0 Å². The molecule has 0 N–H and O–H groups in total. The number of aryl methyl sites for hydroxylation is 2. The lowest BCUT2D eigenvalue weighted by Gasteiger charge is -2.35. The number of rotatable bonds is 5. The largest absolute Gasteiger partial charge is 0.372 e. The third-order valence-electron chi connectivity index (χ3n) is 4.82. The molecule has 0 aliphatic carbocycles. The van der Waals surface area contributed by atoms with Crippen LogP contribution in [0.2, 0.25) is 0 Å². The molecule has 3 heterocycles. The maximum absolute atomic E-state index is 13.0. The summed E-state index contributed by atoms with van der Waals surface area (Å²) in [4.78, 5) is 33.4. The van der Waals surface area contributed by atoms with Gasteiger partial charge in [0.1, 0.15) is 4.83 Å². The number of carbonyl (C=O) groups is 1. The summed E-state index contributed by atoms with van der Waals surface area (Å²) in [5.41, 5.74) is 0.715. The summed E-state index contributed by atoms with van der Waals surface area (Å²) in [6.45, 7) is 9.77. The lowest BCUT2D eigenvalue weighted by atomic mass is 10.1. The first-order chi connectivity index (χ1) is 12.4. The molecule has 1 aliphatic rings. The Morgan fingerprint density at radius 1 is 1.31 bits per heavy atom. The second kappa shape index (κ2) is 7.88. The Bertz CT molecular complexity index is 848. The molecule has 1 amide bonds. The molecule has 1 fully saturated rings. The number of carbonyl (C=O) groups excluding carboxylic acids is 1. The van der Waals surface area contributed by atoms with Gasteiger partial charge < -0.3 is 9.64 Å². The molecular formula is C19H27N3O3S. The van der Waals surface area contributed by atoms with Crippen LogP contribution in [0.5, 0.6) is 0 Å². The molecule has 0 saturated carbocycles. The summed E-state index contributed by atoms with van der Waals surface area (Å²) in [7, 11) is 0. The van der Waals surface area contributed by atoms with Crippen LogP contribution >= 0.6 is 11.3 Å². The van der Waals surface area contributed by atoms with Crippen molar-refractivity contribution in [1.29, 1.82) is 0 Å². The van der Waals surface area contributed by atoms with Crippen molar-refractivity contribution in [2.45, 2.75) is 65.7 Å². The zero-order chi connectivity index (χ0) is 18.8. The fraction of sp³-hybridized carbons (Fsp3) is 0.632. The molecule has 2 aromatic heterocycles. The molecular weight excluding hydrogens is 350 g/mol. The maximum atomic E-state index is 13.0. The molecule has 2 unspecified atom stereocenters. The Balaban J connectivity index is 1.92. The summed E-state index contributed by atoms with van der Waals surface area (Å²) >= 11 is 1.32. The highest BCUT2D eigenvalue weighted by atomic mass is 32.1. The molecule has 2 aromatic rings. The molecule has 7 heteroatoms. The molecule has 3 rings (SSSR count). The second-order valence-electron chi connectivity index (χ2n) is 7.15. The summed E-state index contributed by atoms with van der Waals surface area (Å²) < 4.78 is 7.39. The Kier molecular flexibility index (Phi) is 5.77. The van der Waals surface area contributed by atoms with E-state index in [2.05, 4.69) is 11.9 Å². The molecule has 1 saturated heterocycles. The molecule has 0 spiro atoms. The van der Waals surface area contributed by atoms with Crippen molar-refractivity contribution in [1.82, 2.24) is 14.5 Å². The number of thiophene rings is 1. The highest BCUT2D eigenvalue weighted by Crippen LogP contribution is 2.29. The lowest BCUT2D eigenvalue weighted by Crippen LogP contribution is -2.48. The van der Waals surface area contributed by atoms with E-state index in [-0.39, 0.29) is 23.7 Å². The van der Waals surface area contributed by atoms with Crippen LogP contribution in [-0.4, -0.2) is 45.7 Å². The van der Waals surface area contributed by atoms with E-state index < -0.39 is 0 Å². The topological polar surface area (TPSA) is 64.4 Å². The van der Waals surface area contributed by atoms with Gasteiger partial charge in [-0.3, -0.25) is 14.2 Å². The number of unbranched alkanes of at least 4 members (excludes halogenated alkanes) is 2. The van der Waals surface area contributed by atoms with Crippen molar-refractivity contribution < 1.29 is 9.53 Å². The van der Waals surface area contributed by atoms with Crippen LogP contribution in [0.25, 0.3) is 10.2 Å². The fourth-order valence-electron chi connectivity index (χ4n) is 3.54. The van der Waals surface area contributed by atoms with Gasteiger partial charge in [0.05, 0.1) is 28.8 Å². The van der Waals surface area contributed by atoms with Crippen LogP contribution in [-0.2, 0) is 11.3 Å². The number of aromatic nitrogens is 2. The van der Waals surface area contributed by atoms with E-state index >= 15 is 0 Å². The quantitative estimate of drug-likeness (QED) is 0.751. The van der Waals surface area contributed by atoms with Crippen LogP contribution < -0.4 is 5.56 Å². The Labute approximate surface area is 157 Å². The van der Waals surface area contributed by atoms with Gasteiger partial charge in [-0.15, -0.1) is 11.3 Å². The highest BCUT2D eigenvalue weighted by molar-refractivity contribution is 7.20. The monoisotopic (exact) mass is 377 g/mol. The van der Waals surface area contributed by atoms with E-state index in [0.29, 0.717) is 34.7 Å². The minimum atomic E-state index is -0.0392. The van der Waals surface area contributed by atoms with Crippen molar-refractivity contribution in [3.63, 3.8) is 0 Å². The summed E-state index contributed by atoms with van der Waals surface area (Å²) in [5, 5.41) is 0.590. The third kappa shape index (κ3) is 3.69. The van der Waals surface area contributed by atoms with Crippen molar-refractivity contribution in [3.8, 4) is 0 Å². The van der Waals surface area contributed by atoms with Crippen LogP contribution in [0.15, 0.2) is 11.1 Å². The van der Waals surface area contributed by atoms with E-state index in [1.165, 1.54) is 11.3 Å². The average Bonchev–Trinajstić information content (AvgIpc) is 2.93. The van der Waals surface area contributed by atoms with Crippen LogP contribution in [0.3, 0.4) is 0 Å². The first-order valence-corrected chi connectivity index (χ1v) is 10.2. The molecule has 0 bridgehead atoms. The highest BCUT2D eigenvalue weighted by Gasteiger charge is 2.29. The fourth-order valence-corrected chi connectivity index (χ4v) is 4.65. The molecule has 2 atom stereocenters. The first kappa shape index (κ1) is 19.0. The summed E-state index contributed by atoms with van der Waals surface area (Å²) in [5.74, 6) is -0.0237. The minimum Gasteiger partial charge on any atom is -0.372 e. The molecule has 1 aliphatic heterocycles. The van der Waals surface area contributed by atoms with Gasteiger partial charge in [0.15, 0.2) is 0 Å². The number of ether oxygens (including phenoxy) is 1. The predicted molar refractivity (Wildman–Crippen MR) is 104 cm³/mol. The van der Waals surface area contributed by atoms with Gasteiger partial charge in [-0.1, -0.05) is 19.8 Å². The van der Waals surface area contributed by atoms with Gasteiger partial charge in [0.2, 0.25) is 0 Å². The molecule has 6 nitrogen and oxygen atoms in total. The molecule has 0 radical (unpaired) electrons. The van der Waals surface area contributed by atoms with Gasteiger partial charge in [-0.2, -0.15) is 0 Å². The zero-order valence-corrected chi connectivity index (χ0v) is 16.8. The van der Waals surface area contributed by atoms with Crippen LogP contribution in [0, 0.1) is 6.92 Å². The van der Waals surface area contributed by atoms with Crippen LogP contribution in [0.1, 0.15) is 55.3 Å². The number of amides is 1. The third-order valence-corrected chi connectivity index (χ3v) is 6.01. The average molecular weight is 378 g/mol. The first-order valence-electron chi connectivity index (χ1n) is 9.35.